The zero-order chi connectivity index (χ0) is 20.5. The SMILES string of the molecule is CCN(CC)C(=O)CN(C)C(=O)COC(=O)/C(=C/c1cccs1)c1cccs1. The molecule has 2 heterocycles. The lowest BCUT2D eigenvalue weighted by Crippen LogP contribution is -2.42. The van der Waals surface area contributed by atoms with E-state index in [4.69, 9.17) is 4.74 Å². The van der Waals surface area contributed by atoms with Crippen LogP contribution < -0.4 is 0 Å². The maximum Gasteiger partial charge on any atom is 0.340 e. The number of esters is 1. The zero-order valence-electron chi connectivity index (χ0n) is 16.2. The third-order valence-corrected chi connectivity index (χ3v) is 5.80. The van der Waals surface area contributed by atoms with E-state index in [-0.39, 0.29) is 12.5 Å². The van der Waals surface area contributed by atoms with E-state index in [9.17, 15) is 14.4 Å². The summed E-state index contributed by atoms with van der Waals surface area (Å²) in [6.45, 7) is 4.50. The number of carbonyl (C=O) groups is 3. The predicted octanol–water partition coefficient (Wildman–Crippen LogP) is 3.22. The number of nitrogens with zero attached hydrogens (tertiary/aromatic N) is 2. The molecule has 28 heavy (non-hydrogen) atoms. The van der Waals surface area contributed by atoms with Crippen LogP contribution in [-0.4, -0.2) is 60.9 Å². The maximum absolute atomic E-state index is 12.6. The number of hydrogen-bond donors (Lipinski definition) is 0. The van der Waals surface area contributed by atoms with Crippen LogP contribution in [0.5, 0.6) is 0 Å². The van der Waals surface area contributed by atoms with Crippen molar-refractivity contribution in [2.45, 2.75) is 13.8 Å². The standard InChI is InChI=1S/C20H24N2O4S2/c1-4-22(5-2)18(23)13-21(3)19(24)14-26-20(25)16(17-9-7-11-28-17)12-15-8-6-10-27-15/h6-12H,4-5,13-14H2,1-3H3/b16-12+. The van der Waals surface area contributed by atoms with Crippen LogP contribution in [0.1, 0.15) is 23.6 Å². The van der Waals surface area contributed by atoms with Crippen molar-refractivity contribution in [3.8, 4) is 0 Å². The van der Waals surface area contributed by atoms with Gasteiger partial charge in [-0.2, -0.15) is 0 Å². The van der Waals surface area contributed by atoms with Crippen molar-refractivity contribution in [3.05, 3.63) is 44.8 Å². The van der Waals surface area contributed by atoms with Gasteiger partial charge in [0.2, 0.25) is 5.91 Å². The van der Waals surface area contributed by atoms with Gasteiger partial charge in [-0.25, -0.2) is 4.79 Å². The molecule has 0 radical (unpaired) electrons. The van der Waals surface area contributed by atoms with Gasteiger partial charge in [0, 0.05) is 29.9 Å². The molecule has 2 aromatic heterocycles. The molecule has 2 amide bonds. The van der Waals surface area contributed by atoms with Crippen molar-refractivity contribution in [1.29, 1.82) is 0 Å². The second-order valence-electron chi connectivity index (χ2n) is 5.94. The molecule has 0 N–H and O–H groups in total. The van der Waals surface area contributed by atoms with Crippen LogP contribution in [0.4, 0.5) is 0 Å². The Morgan fingerprint density at radius 2 is 1.71 bits per heavy atom. The topological polar surface area (TPSA) is 66.9 Å². The van der Waals surface area contributed by atoms with E-state index in [1.807, 2.05) is 48.9 Å². The van der Waals surface area contributed by atoms with Gasteiger partial charge < -0.3 is 14.5 Å². The Morgan fingerprint density at radius 3 is 2.29 bits per heavy atom. The third kappa shape index (κ3) is 6.03. The van der Waals surface area contributed by atoms with Crippen LogP contribution in [0, 0.1) is 0 Å². The molecule has 0 aliphatic heterocycles. The molecule has 0 saturated heterocycles. The van der Waals surface area contributed by atoms with Crippen LogP contribution in [0.25, 0.3) is 11.6 Å². The minimum absolute atomic E-state index is 0.0408. The van der Waals surface area contributed by atoms with Gasteiger partial charge in [0.25, 0.3) is 5.91 Å². The number of ether oxygens (including phenoxy) is 1. The van der Waals surface area contributed by atoms with Gasteiger partial charge >= 0.3 is 5.97 Å². The van der Waals surface area contributed by atoms with Crippen molar-refractivity contribution >= 4 is 52.1 Å². The van der Waals surface area contributed by atoms with E-state index in [0.29, 0.717) is 18.7 Å². The second-order valence-corrected chi connectivity index (χ2v) is 7.87. The van der Waals surface area contributed by atoms with Gasteiger partial charge in [0.1, 0.15) is 0 Å². The van der Waals surface area contributed by atoms with Crippen LogP contribution in [-0.2, 0) is 19.1 Å². The highest BCUT2D eigenvalue weighted by molar-refractivity contribution is 7.12. The van der Waals surface area contributed by atoms with Gasteiger partial charge in [0.05, 0.1) is 12.1 Å². The molecule has 0 bridgehead atoms. The Bertz CT molecular complexity index is 809. The van der Waals surface area contributed by atoms with E-state index in [1.165, 1.54) is 34.6 Å². The summed E-state index contributed by atoms with van der Waals surface area (Å²) in [7, 11) is 1.53. The van der Waals surface area contributed by atoms with E-state index < -0.39 is 18.5 Å². The molecule has 0 aliphatic rings. The molecule has 0 saturated carbocycles. The van der Waals surface area contributed by atoms with E-state index in [1.54, 1.807) is 11.0 Å². The quantitative estimate of drug-likeness (QED) is 0.461. The van der Waals surface area contributed by atoms with Gasteiger partial charge in [-0.3, -0.25) is 9.59 Å². The van der Waals surface area contributed by atoms with Gasteiger partial charge in [-0.05, 0) is 42.8 Å². The fourth-order valence-electron chi connectivity index (χ4n) is 2.46. The number of likely N-dealkylation sites (N-methyl/N-ethyl adjacent to an activating group) is 2. The predicted molar refractivity (Wildman–Crippen MR) is 113 cm³/mol. The molecular weight excluding hydrogens is 396 g/mol. The Labute approximate surface area is 173 Å². The first-order chi connectivity index (χ1) is 13.5. The van der Waals surface area contributed by atoms with Crippen LogP contribution in [0.15, 0.2) is 35.0 Å². The van der Waals surface area contributed by atoms with Crippen LogP contribution in [0.2, 0.25) is 0 Å². The third-order valence-electron chi connectivity index (χ3n) is 4.08. The first-order valence-corrected chi connectivity index (χ1v) is 10.7. The minimum Gasteiger partial charge on any atom is -0.452 e. The number of hydrogen-bond acceptors (Lipinski definition) is 6. The van der Waals surface area contributed by atoms with Crippen molar-refractivity contribution in [1.82, 2.24) is 9.80 Å². The van der Waals surface area contributed by atoms with Gasteiger partial charge in [0.15, 0.2) is 6.61 Å². The summed E-state index contributed by atoms with van der Waals surface area (Å²) in [5, 5.41) is 3.80. The number of thiophene rings is 2. The van der Waals surface area contributed by atoms with E-state index in [2.05, 4.69) is 0 Å². The average molecular weight is 421 g/mol. The lowest BCUT2D eigenvalue weighted by molar-refractivity contribution is -0.148. The fraction of sp³-hybridized carbons (Fsp3) is 0.350. The molecule has 150 valence electrons. The summed E-state index contributed by atoms with van der Waals surface area (Å²) in [6.07, 6.45) is 1.76. The molecule has 0 atom stereocenters. The highest BCUT2D eigenvalue weighted by Gasteiger charge is 2.20. The monoisotopic (exact) mass is 420 g/mol. The lowest BCUT2D eigenvalue weighted by Gasteiger charge is -2.23. The average Bonchev–Trinajstić information content (AvgIpc) is 3.38. The van der Waals surface area contributed by atoms with Gasteiger partial charge in [-0.15, -0.1) is 22.7 Å². The summed E-state index contributed by atoms with van der Waals surface area (Å²) in [5.41, 5.74) is 0.409. The summed E-state index contributed by atoms with van der Waals surface area (Å²) in [6, 6.07) is 7.50. The Morgan fingerprint density at radius 1 is 1.04 bits per heavy atom. The smallest absolute Gasteiger partial charge is 0.340 e. The fourth-order valence-corrected chi connectivity index (χ4v) is 3.85. The highest BCUT2D eigenvalue weighted by atomic mass is 32.1. The van der Waals surface area contributed by atoms with Crippen molar-refractivity contribution in [3.63, 3.8) is 0 Å². The van der Waals surface area contributed by atoms with E-state index >= 15 is 0 Å². The highest BCUT2D eigenvalue weighted by Crippen LogP contribution is 2.25. The maximum atomic E-state index is 12.6. The summed E-state index contributed by atoms with van der Waals surface area (Å²) in [4.78, 5) is 41.6. The first kappa shape index (κ1) is 21.8. The largest absolute Gasteiger partial charge is 0.452 e. The normalized spacial score (nSPS) is 11.2. The molecular formula is C20H24N2O4S2. The van der Waals surface area contributed by atoms with Crippen LogP contribution in [0.3, 0.4) is 0 Å². The molecule has 0 aromatic carbocycles. The van der Waals surface area contributed by atoms with Crippen molar-refractivity contribution in [2.24, 2.45) is 0 Å². The second kappa shape index (κ2) is 10.8. The molecule has 6 nitrogen and oxygen atoms in total. The summed E-state index contributed by atoms with van der Waals surface area (Å²) >= 11 is 2.94. The zero-order valence-corrected chi connectivity index (χ0v) is 17.8. The number of amides is 2. The molecule has 0 aliphatic carbocycles. The van der Waals surface area contributed by atoms with Crippen LogP contribution >= 0.6 is 22.7 Å². The Kier molecular flexibility index (Phi) is 8.41. The summed E-state index contributed by atoms with van der Waals surface area (Å²) < 4.78 is 5.24. The number of carbonyl (C=O) groups excluding carboxylic acids is 3. The number of rotatable bonds is 9. The molecule has 0 fully saturated rings. The Balaban J connectivity index is 1.98. The molecule has 8 heteroatoms. The Hall–Kier alpha value is -2.45. The molecule has 2 aromatic rings. The lowest BCUT2D eigenvalue weighted by atomic mass is 10.2. The molecule has 0 spiro atoms. The van der Waals surface area contributed by atoms with Gasteiger partial charge in [-0.1, -0.05) is 12.1 Å². The molecule has 0 unspecified atom stereocenters. The van der Waals surface area contributed by atoms with Crippen molar-refractivity contribution < 1.29 is 19.1 Å². The van der Waals surface area contributed by atoms with Crippen molar-refractivity contribution in [2.75, 3.05) is 33.3 Å². The minimum atomic E-state index is -0.562. The first-order valence-electron chi connectivity index (χ1n) is 8.94. The summed E-state index contributed by atoms with van der Waals surface area (Å²) in [5.74, 6) is -1.12. The van der Waals surface area contributed by atoms with E-state index in [0.717, 1.165) is 9.75 Å². The molecule has 2 rings (SSSR count).